The van der Waals surface area contributed by atoms with Gasteiger partial charge in [0.2, 0.25) is 0 Å². The molecule has 7 heteroatoms. The van der Waals surface area contributed by atoms with Gasteiger partial charge in [-0.1, -0.05) is 6.08 Å². The van der Waals surface area contributed by atoms with Gasteiger partial charge in [-0.3, -0.25) is 4.57 Å². The summed E-state index contributed by atoms with van der Waals surface area (Å²) in [4.78, 5) is 20.9. The number of nitrogens with zero attached hydrogens (tertiary/aromatic N) is 4. The Labute approximate surface area is 108 Å². The van der Waals surface area contributed by atoms with Crippen LogP contribution in [0.4, 0.5) is 10.2 Å². The Hall–Kier alpha value is -1.63. The first-order valence-corrected chi connectivity index (χ1v) is 6.40. The summed E-state index contributed by atoms with van der Waals surface area (Å²) < 4.78 is 15.0. The van der Waals surface area contributed by atoms with Crippen LogP contribution in [0.1, 0.15) is 6.04 Å². The molecule has 0 bridgehead atoms. The molecule has 1 atom stereocenters. The van der Waals surface area contributed by atoms with Gasteiger partial charge in [-0.05, 0) is 5.41 Å². The minimum Gasteiger partial charge on any atom is -0.369 e. The minimum absolute atomic E-state index is 0.128. The van der Waals surface area contributed by atoms with Crippen LogP contribution in [-0.2, 0) is 0 Å². The Bertz CT molecular complexity index is 552. The monoisotopic (exact) mass is 268 g/mol. The molecule has 96 valence electrons. The lowest BCUT2D eigenvalue weighted by molar-refractivity contribution is 0.554. The van der Waals surface area contributed by atoms with Crippen LogP contribution in [0.3, 0.4) is 0 Å². The molecule has 0 N–H and O–H groups in total. The molecule has 0 amide bonds. The van der Waals surface area contributed by atoms with Crippen molar-refractivity contribution in [2.75, 3.05) is 19.8 Å². The van der Waals surface area contributed by atoms with E-state index >= 15 is 0 Å². The van der Waals surface area contributed by atoms with E-state index in [9.17, 15) is 9.18 Å². The Morgan fingerprint density at radius 1 is 1.67 bits per heavy atom. The van der Waals surface area contributed by atoms with Crippen molar-refractivity contribution in [3.8, 4) is 0 Å². The van der Waals surface area contributed by atoms with Crippen molar-refractivity contribution in [1.29, 1.82) is 0 Å². The molecule has 0 radical (unpaired) electrons. The Kier molecular flexibility index (Phi) is 3.81. The molecule has 0 fully saturated rings. The third-order valence-electron chi connectivity index (χ3n) is 2.32. The fourth-order valence-electron chi connectivity index (χ4n) is 1.46. The lowest BCUT2D eigenvalue weighted by Gasteiger charge is -2.11. The maximum absolute atomic E-state index is 13.7. The van der Waals surface area contributed by atoms with Crippen LogP contribution in [0.2, 0.25) is 0 Å². The SMILES string of the molecule is CN(C)C=Nc1nc(=O)n(C2C=CSC2)cc1F. The van der Waals surface area contributed by atoms with Gasteiger partial charge in [0.25, 0.3) is 0 Å². The van der Waals surface area contributed by atoms with E-state index in [1.54, 1.807) is 30.8 Å². The second-order valence-corrected chi connectivity index (χ2v) is 4.98. The number of aliphatic imine (C=N–C) groups is 1. The van der Waals surface area contributed by atoms with E-state index in [0.29, 0.717) is 0 Å². The molecule has 1 aliphatic rings. The van der Waals surface area contributed by atoms with Crippen molar-refractivity contribution in [3.05, 3.63) is 34.0 Å². The first kappa shape index (κ1) is 12.8. The number of halogens is 1. The first-order chi connectivity index (χ1) is 8.58. The van der Waals surface area contributed by atoms with Crippen LogP contribution in [0.25, 0.3) is 0 Å². The average Bonchev–Trinajstić information content (AvgIpc) is 2.83. The van der Waals surface area contributed by atoms with E-state index in [-0.39, 0.29) is 11.9 Å². The smallest absolute Gasteiger partial charge is 0.350 e. The Balaban J connectivity index is 2.34. The molecular formula is C11H13FN4OS. The zero-order valence-corrected chi connectivity index (χ0v) is 10.9. The van der Waals surface area contributed by atoms with Gasteiger partial charge in [-0.15, -0.1) is 11.8 Å². The fourth-order valence-corrected chi connectivity index (χ4v) is 2.34. The lowest BCUT2D eigenvalue weighted by Crippen LogP contribution is -2.26. The maximum atomic E-state index is 13.7. The number of thioether (sulfide) groups is 1. The summed E-state index contributed by atoms with van der Waals surface area (Å²) in [6.07, 6.45) is 4.43. The molecule has 0 spiro atoms. The average molecular weight is 268 g/mol. The van der Waals surface area contributed by atoms with Crippen molar-refractivity contribution in [2.24, 2.45) is 4.99 Å². The summed E-state index contributed by atoms with van der Waals surface area (Å²) in [7, 11) is 3.51. The predicted octanol–water partition coefficient (Wildman–Crippen LogP) is 1.41. The number of rotatable bonds is 3. The molecule has 1 aliphatic heterocycles. The molecule has 2 rings (SSSR count). The van der Waals surface area contributed by atoms with E-state index < -0.39 is 11.5 Å². The first-order valence-electron chi connectivity index (χ1n) is 5.35. The standard InChI is InChI=1S/C11H13FN4OS/c1-15(2)7-13-10-9(12)5-16(11(17)14-10)8-3-4-18-6-8/h3-5,7-8H,6H2,1-2H3. The summed E-state index contributed by atoms with van der Waals surface area (Å²) in [6.45, 7) is 0. The van der Waals surface area contributed by atoms with E-state index in [4.69, 9.17) is 0 Å². The molecule has 1 unspecified atom stereocenters. The molecule has 18 heavy (non-hydrogen) atoms. The highest BCUT2D eigenvalue weighted by Crippen LogP contribution is 2.24. The number of hydrogen-bond acceptors (Lipinski definition) is 4. The van der Waals surface area contributed by atoms with Crippen molar-refractivity contribution in [1.82, 2.24) is 14.5 Å². The predicted molar refractivity (Wildman–Crippen MR) is 70.9 cm³/mol. The Morgan fingerprint density at radius 3 is 3.06 bits per heavy atom. The van der Waals surface area contributed by atoms with Gasteiger partial charge >= 0.3 is 5.69 Å². The quantitative estimate of drug-likeness (QED) is 0.614. The zero-order chi connectivity index (χ0) is 13.1. The van der Waals surface area contributed by atoms with E-state index in [1.165, 1.54) is 17.1 Å². The van der Waals surface area contributed by atoms with Crippen LogP contribution >= 0.6 is 11.8 Å². The van der Waals surface area contributed by atoms with Crippen molar-refractivity contribution >= 4 is 23.9 Å². The highest BCUT2D eigenvalue weighted by atomic mass is 32.2. The van der Waals surface area contributed by atoms with Crippen LogP contribution in [0, 0.1) is 5.82 Å². The summed E-state index contributed by atoms with van der Waals surface area (Å²) in [6, 6.07) is -0.128. The van der Waals surface area contributed by atoms with Gasteiger partial charge in [0.15, 0.2) is 11.6 Å². The highest BCUT2D eigenvalue weighted by Gasteiger charge is 2.16. The summed E-state index contributed by atoms with van der Waals surface area (Å²) >= 11 is 1.58. The second-order valence-electron chi connectivity index (χ2n) is 4.04. The summed E-state index contributed by atoms with van der Waals surface area (Å²) in [5, 5.41) is 1.90. The number of hydrogen-bond donors (Lipinski definition) is 0. The Morgan fingerprint density at radius 2 is 2.44 bits per heavy atom. The molecule has 0 saturated heterocycles. The van der Waals surface area contributed by atoms with Gasteiger partial charge in [0, 0.05) is 26.0 Å². The molecule has 0 aliphatic carbocycles. The number of aromatic nitrogens is 2. The third-order valence-corrected chi connectivity index (χ3v) is 3.20. The van der Waals surface area contributed by atoms with Crippen molar-refractivity contribution < 1.29 is 4.39 Å². The van der Waals surface area contributed by atoms with Crippen molar-refractivity contribution in [2.45, 2.75) is 6.04 Å². The molecule has 1 aromatic heterocycles. The van der Waals surface area contributed by atoms with E-state index in [1.807, 2.05) is 11.5 Å². The second kappa shape index (κ2) is 5.34. The normalized spacial score (nSPS) is 18.7. The summed E-state index contributed by atoms with van der Waals surface area (Å²) in [5.41, 5.74) is -0.487. The van der Waals surface area contributed by atoms with Crippen LogP contribution in [0.5, 0.6) is 0 Å². The summed E-state index contributed by atoms with van der Waals surface area (Å²) in [5.74, 6) is -0.0565. The van der Waals surface area contributed by atoms with Gasteiger partial charge < -0.3 is 4.90 Å². The molecule has 1 aromatic rings. The van der Waals surface area contributed by atoms with Gasteiger partial charge in [-0.2, -0.15) is 4.98 Å². The van der Waals surface area contributed by atoms with E-state index in [2.05, 4.69) is 9.98 Å². The molecule has 2 heterocycles. The molecule has 5 nitrogen and oxygen atoms in total. The van der Waals surface area contributed by atoms with Crippen LogP contribution in [0.15, 0.2) is 27.5 Å². The topological polar surface area (TPSA) is 50.5 Å². The van der Waals surface area contributed by atoms with Gasteiger partial charge in [0.1, 0.15) is 0 Å². The largest absolute Gasteiger partial charge is 0.369 e. The molecule has 0 saturated carbocycles. The van der Waals surface area contributed by atoms with Crippen molar-refractivity contribution in [3.63, 3.8) is 0 Å². The van der Waals surface area contributed by atoms with Crippen LogP contribution < -0.4 is 5.69 Å². The van der Waals surface area contributed by atoms with E-state index in [0.717, 1.165) is 5.75 Å². The van der Waals surface area contributed by atoms with Gasteiger partial charge in [-0.25, -0.2) is 14.2 Å². The zero-order valence-electron chi connectivity index (χ0n) is 10.1. The van der Waals surface area contributed by atoms with Gasteiger partial charge in [0.05, 0.1) is 12.4 Å². The van der Waals surface area contributed by atoms with Crippen LogP contribution in [-0.4, -0.2) is 40.6 Å². The third kappa shape index (κ3) is 2.79. The molecular weight excluding hydrogens is 255 g/mol. The molecule has 0 aromatic carbocycles. The minimum atomic E-state index is -0.599. The fraction of sp³-hybridized carbons (Fsp3) is 0.364. The number of allylic oxidation sites excluding steroid dienone is 1. The highest BCUT2D eigenvalue weighted by molar-refractivity contribution is 8.02. The lowest BCUT2D eigenvalue weighted by atomic mass is 10.3. The maximum Gasteiger partial charge on any atom is 0.350 e.